The molecule has 0 fully saturated rings. The molecule has 0 aliphatic carbocycles. The zero-order valence-electron chi connectivity index (χ0n) is 19.3. The molecule has 1 aromatic heterocycles. The van der Waals surface area contributed by atoms with E-state index in [2.05, 4.69) is 30.0 Å². The van der Waals surface area contributed by atoms with Crippen LogP contribution in [0.2, 0.25) is 5.02 Å². The van der Waals surface area contributed by atoms with E-state index in [0.717, 1.165) is 28.4 Å². The Morgan fingerprint density at radius 1 is 1.16 bits per heavy atom. The Morgan fingerprint density at radius 2 is 1.81 bits per heavy atom. The third-order valence-corrected chi connectivity index (χ3v) is 4.07. The van der Waals surface area contributed by atoms with Crippen molar-refractivity contribution in [2.24, 2.45) is 5.10 Å². The van der Waals surface area contributed by atoms with Gasteiger partial charge in [0.2, 0.25) is 0 Å². The van der Waals surface area contributed by atoms with Gasteiger partial charge in [0.1, 0.15) is 5.76 Å². The van der Waals surface area contributed by atoms with Gasteiger partial charge in [-0.15, -0.1) is 0 Å². The largest absolute Gasteiger partial charge is 0.497 e. The number of hydrogen-bond acceptors (Lipinski definition) is 4. The van der Waals surface area contributed by atoms with Crippen LogP contribution < -0.4 is 0 Å². The minimum Gasteiger partial charge on any atom is -0.497 e. The van der Waals surface area contributed by atoms with Crippen LogP contribution in [0.1, 0.15) is 32.0 Å². The Balaban J connectivity index is 0.000000679. The second-order valence-electron chi connectivity index (χ2n) is 6.13. The quantitative estimate of drug-likeness (QED) is 0.189. The summed E-state index contributed by atoms with van der Waals surface area (Å²) in [5, 5.41) is 6.26. The standard InChI is InChI=1S/C16H19ClN2O.C8H9N.C2H6/c1-13(20-4)12-16(19(3)18-2)7-5-6-14-8-10-15(17)11-9-14;1-7(2)8-5-3-4-6-9-8;1-2/h5,7-12H,1-2,6H2,3-4H3;3-6H,1H2,2H3;1-2H3/b7-5-,16-12+;;. The highest BCUT2D eigenvalue weighted by atomic mass is 35.5. The monoisotopic (exact) mass is 439 g/mol. The number of allylic oxidation sites excluding steroid dienone is 4. The summed E-state index contributed by atoms with van der Waals surface area (Å²) in [5.74, 6) is 0.562. The van der Waals surface area contributed by atoms with Crippen LogP contribution in [0.4, 0.5) is 0 Å². The van der Waals surface area contributed by atoms with E-state index in [9.17, 15) is 0 Å². The molecule has 166 valence electrons. The van der Waals surface area contributed by atoms with Gasteiger partial charge in [0.25, 0.3) is 0 Å². The summed E-state index contributed by atoms with van der Waals surface area (Å²) in [6.45, 7) is 17.0. The number of halogens is 1. The highest BCUT2D eigenvalue weighted by Crippen LogP contribution is 2.12. The first-order valence-corrected chi connectivity index (χ1v) is 10.4. The van der Waals surface area contributed by atoms with E-state index in [1.54, 1.807) is 24.4 Å². The lowest BCUT2D eigenvalue weighted by Crippen LogP contribution is -2.08. The van der Waals surface area contributed by atoms with Crippen molar-refractivity contribution in [1.29, 1.82) is 0 Å². The molecule has 0 atom stereocenters. The molecule has 2 rings (SSSR count). The molecule has 0 unspecified atom stereocenters. The summed E-state index contributed by atoms with van der Waals surface area (Å²) < 4.78 is 5.04. The molecule has 2 aromatic rings. The van der Waals surface area contributed by atoms with Gasteiger partial charge < -0.3 is 4.74 Å². The first-order valence-electron chi connectivity index (χ1n) is 10.00. The summed E-state index contributed by atoms with van der Waals surface area (Å²) in [4.78, 5) is 4.08. The normalized spacial score (nSPS) is 10.2. The topological polar surface area (TPSA) is 37.7 Å². The van der Waals surface area contributed by atoms with Crippen LogP contribution in [0.15, 0.2) is 96.6 Å². The lowest BCUT2D eigenvalue weighted by molar-refractivity contribution is 0.306. The number of hydrogen-bond donors (Lipinski definition) is 0. The van der Waals surface area contributed by atoms with Crippen LogP contribution in [0.5, 0.6) is 0 Å². The first kappa shape index (κ1) is 27.9. The van der Waals surface area contributed by atoms with Gasteiger partial charge in [0.05, 0.1) is 18.5 Å². The van der Waals surface area contributed by atoms with E-state index in [-0.39, 0.29) is 0 Å². The molecule has 0 radical (unpaired) electrons. The molecule has 5 heteroatoms. The number of ether oxygens (including phenoxy) is 1. The third kappa shape index (κ3) is 12.2. The Bertz CT molecular complexity index is 856. The van der Waals surface area contributed by atoms with Crippen molar-refractivity contribution in [2.75, 3.05) is 14.2 Å². The molecule has 0 saturated heterocycles. The highest BCUT2D eigenvalue weighted by molar-refractivity contribution is 6.30. The van der Waals surface area contributed by atoms with Crippen molar-refractivity contribution >= 4 is 23.9 Å². The van der Waals surface area contributed by atoms with Gasteiger partial charge in [0.15, 0.2) is 0 Å². The van der Waals surface area contributed by atoms with Crippen molar-refractivity contribution in [2.45, 2.75) is 27.2 Å². The fourth-order valence-corrected chi connectivity index (χ4v) is 2.23. The lowest BCUT2D eigenvalue weighted by Gasteiger charge is -2.13. The summed E-state index contributed by atoms with van der Waals surface area (Å²) in [6.07, 6.45) is 8.36. The molecule has 0 amide bonds. The molecule has 0 N–H and O–H groups in total. The van der Waals surface area contributed by atoms with E-state index in [4.69, 9.17) is 16.3 Å². The number of aromatic nitrogens is 1. The zero-order valence-corrected chi connectivity index (χ0v) is 20.1. The molecule has 1 heterocycles. The molecule has 0 aliphatic heterocycles. The summed E-state index contributed by atoms with van der Waals surface area (Å²) >= 11 is 5.85. The first-order chi connectivity index (χ1) is 14.9. The summed E-state index contributed by atoms with van der Waals surface area (Å²) in [5.41, 5.74) is 4.01. The van der Waals surface area contributed by atoms with Gasteiger partial charge in [-0.3, -0.25) is 9.99 Å². The highest BCUT2D eigenvalue weighted by Gasteiger charge is 1.99. The van der Waals surface area contributed by atoms with Crippen molar-refractivity contribution in [3.05, 3.63) is 108 Å². The molecule has 4 nitrogen and oxygen atoms in total. The Hall–Kier alpha value is -3.11. The van der Waals surface area contributed by atoms with Crippen LogP contribution >= 0.6 is 11.6 Å². The van der Waals surface area contributed by atoms with Gasteiger partial charge >= 0.3 is 0 Å². The number of pyridine rings is 1. The number of rotatable bonds is 8. The van der Waals surface area contributed by atoms with Crippen LogP contribution in [0.3, 0.4) is 0 Å². The molecular weight excluding hydrogens is 406 g/mol. The van der Waals surface area contributed by atoms with E-state index >= 15 is 0 Å². The van der Waals surface area contributed by atoms with Gasteiger partial charge in [0, 0.05) is 31.1 Å². The van der Waals surface area contributed by atoms with E-state index < -0.39 is 0 Å². The average molecular weight is 440 g/mol. The van der Waals surface area contributed by atoms with Crippen LogP contribution in [-0.2, 0) is 11.2 Å². The molecule has 0 spiro atoms. The van der Waals surface area contributed by atoms with E-state index in [0.29, 0.717) is 5.76 Å². The minimum absolute atomic E-state index is 0.562. The molecule has 0 aliphatic rings. The maximum absolute atomic E-state index is 5.85. The fraction of sp³-hybridized carbons (Fsp3) is 0.231. The van der Waals surface area contributed by atoms with Crippen LogP contribution in [0, 0.1) is 0 Å². The second-order valence-corrected chi connectivity index (χ2v) is 6.57. The number of benzene rings is 1. The number of hydrazone groups is 1. The SMILES string of the molecule is C=C(C)c1ccccn1.C=NN(C)C(/C=C\Cc1ccc(Cl)cc1)=C/C(=C)OC.CC. The number of likely N-dealkylation sites (N-methyl/N-ethyl adjacent to an activating group) is 1. The predicted molar refractivity (Wildman–Crippen MR) is 136 cm³/mol. The molecule has 1 aromatic carbocycles. The van der Waals surface area contributed by atoms with Gasteiger partial charge in [-0.25, -0.2) is 0 Å². The van der Waals surface area contributed by atoms with E-state index in [1.807, 2.05) is 82.4 Å². The van der Waals surface area contributed by atoms with Crippen LogP contribution in [0.25, 0.3) is 5.57 Å². The maximum Gasteiger partial charge on any atom is 0.113 e. The molecule has 31 heavy (non-hydrogen) atoms. The van der Waals surface area contributed by atoms with Crippen molar-refractivity contribution < 1.29 is 4.74 Å². The number of methoxy groups -OCH3 is 1. The van der Waals surface area contributed by atoms with Crippen LogP contribution in [-0.4, -0.2) is 30.9 Å². The molecular formula is C26H34ClN3O. The molecule has 0 bridgehead atoms. The number of nitrogens with zero attached hydrogens (tertiary/aromatic N) is 3. The average Bonchev–Trinajstić information content (AvgIpc) is 2.81. The van der Waals surface area contributed by atoms with Crippen molar-refractivity contribution in [3.63, 3.8) is 0 Å². The maximum atomic E-state index is 5.85. The smallest absolute Gasteiger partial charge is 0.113 e. The predicted octanol–water partition coefficient (Wildman–Crippen LogP) is 7.17. The fourth-order valence-electron chi connectivity index (χ4n) is 2.11. The van der Waals surface area contributed by atoms with Gasteiger partial charge in [-0.2, -0.15) is 5.10 Å². The van der Waals surface area contributed by atoms with Crippen molar-refractivity contribution in [1.82, 2.24) is 9.99 Å². The lowest BCUT2D eigenvalue weighted by atomic mass is 10.1. The Kier molecular flexibility index (Phi) is 15.0. The van der Waals surface area contributed by atoms with Gasteiger partial charge in [-0.05, 0) is 54.8 Å². The summed E-state index contributed by atoms with van der Waals surface area (Å²) in [6, 6.07) is 13.6. The minimum atomic E-state index is 0.562. The zero-order chi connectivity index (χ0) is 23.6. The van der Waals surface area contributed by atoms with E-state index in [1.165, 1.54) is 5.56 Å². The Labute approximate surface area is 192 Å². The van der Waals surface area contributed by atoms with Crippen molar-refractivity contribution in [3.8, 4) is 0 Å². The second kappa shape index (κ2) is 16.7. The molecule has 0 saturated carbocycles. The third-order valence-electron chi connectivity index (χ3n) is 3.81. The van der Waals surface area contributed by atoms with Gasteiger partial charge in [-0.1, -0.05) is 62.9 Å². The summed E-state index contributed by atoms with van der Waals surface area (Å²) in [7, 11) is 3.39. The Morgan fingerprint density at radius 3 is 2.26 bits per heavy atom.